The molecular weight excluding hydrogens is 585 g/mol. The van der Waals surface area contributed by atoms with E-state index in [9.17, 15) is 0 Å². The molecular formula is C44H42N4. The van der Waals surface area contributed by atoms with Crippen molar-refractivity contribution in [1.29, 1.82) is 0 Å². The van der Waals surface area contributed by atoms with Gasteiger partial charge in [-0.25, -0.2) is 4.99 Å². The molecule has 0 atom stereocenters. The largest absolute Gasteiger partial charge is 0.361 e. The zero-order chi connectivity index (χ0) is 33.6. The molecule has 0 saturated carbocycles. The van der Waals surface area contributed by atoms with Crippen LogP contribution in [-0.2, 0) is 5.41 Å². The number of aromatic amines is 1. The number of rotatable bonds is 3. The van der Waals surface area contributed by atoms with Gasteiger partial charge in [0, 0.05) is 40.7 Å². The molecule has 1 aromatic heterocycles. The van der Waals surface area contributed by atoms with Gasteiger partial charge in [-0.3, -0.25) is 4.99 Å². The number of benzene rings is 4. The Hall–Kier alpha value is -5.22. The SMILES string of the molecule is C=C1N=C(c2c3c(cc4cc5cc6ccccc6cc5cc24)C(C)(C)/C(=C/C2=NC(=C\c4[nH]cc(C)c4C)/C(C)=C(C)C2)N3)C(C)=C1C. The Kier molecular flexibility index (Phi) is 6.68. The topological polar surface area (TPSA) is 52.5 Å². The highest BCUT2D eigenvalue weighted by atomic mass is 15.0. The van der Waals surface area contributed by atoms with E-state index in [1.54, 1.807) is 0 Å². The van der Waals surface area contributed by atoms with Crippen LogP contribution in [0.5, 0.6) is 0 Å². The van der Waals surface area contributed by atoms with E-state index in [1.165, 1.54) is 65.7 Å². The predicted octanol–water partition coefficient (Wildman–Crippen LogP) is 11.6. The van der Waals surface area contributed by atoms with Crippen LogP contribution in [0.15, 0.2) is 123 Å². The van der Waals surface area contributed by atoms with Crippen molar-refractivity contribution < 1.29 is 0 Å². The van der Waals surface area contributed by atoms with E-state index in [-0.39, 0.29) is 5.41 Å². The summed E-state index contributed by atoms with van der Waals surface area (Å²) in [5.74, 6) is 0. The van der Waals surface area contributed by atoms with Gasteiger partial charge in [-0.1, -0.05) is 50.3 Å². The molecule has 3 aliphatic rings. The van der Waals surface area contributed by atoms with Crippen molar-refractivity contribution in [3.8, 4) is 0 Å². The Morgan fingerprint density at radius 1 is 0.771 bits per heavy atom. The van der Waals surface area contributed by atoms with Crippen LogP contribution in [0.4, 0.5) is 5.69 Å². The normalized spacial score (nSPS) is 19.3. The zero-order valence-corrected chi connectivity index (χ0v) is 29.2. The lowest BCUT2D eigenvalue weighted by Gasteiger charge is -2.23. The molecule has 3 aliphatic heterocycles. The van der Waals surface area contributed by atoms with Gasteiger partial charge in [0.25, 0.3) is 0 Å². The lowest BCUT2D eigenvalue weighted by atomic mass is 9.80. The Balaban J connectivity index is 1.32. The molecule has 4 heterocycles. The fraction of sp³-hybridized carbons (Fsp3) is 0.227. The second kappa shape index (κ2) is 10.6. The number of hydrogen-bond acceptors (Lipinski definition) is 3. The molecule has 0 amide bonds. The van der Waals surface area contributed by atoms with Crippen LogP contribution in [0, 0.1) is 13.8 Å². The standard InChI is InChI=1S/C44H42N4/c1-23-14-35(47-39(25(23)3)21-38-26(4)24(2)22-45-38)20-40-44(8,9)37-19-34-17-32-15-30-12-10-11-13-31(30)16-33(32)18-36(34)41(43(37)48-40)42-28(6)27(5)29(7)46-42/h10-13,15-22,45,48H,7,14H2,1-6,8-9H3/b39-21-,40-20-. The maximum atomic E-state index is 5.24. The van der Waals surface area contributed by atoms with E-state index in [2.05, 4.69) is 145 Å². The third-order valence-corrected chi connectivity index (χ3v) is 11.2. The van der Waals surface area contributed by atoms with Crippen molar-refractivity contribution in [2.75, 3.05) is 5.32 Å². The highest BCUT2D eigenvalue weighted by Gasteiger charge is 2.39. The number of aryl methyl sites for hydroxylation is 1. The van der Waals surface area contributed by atoms with Gasteiger partial charge in [-0.15, -0.1) is 0 Å². The summed E-state index contributed by atoms with van der Waals surface area (Å²) in [5.41, 5.74) is 16.9. The zero-order valence-electron chi connectivity index (χ0n) is 29.2. The first-order valence-electron chi connectivity index (χ1n) is 16.9. The Morgan fingerprint density at radius 2 is 1.46 bits per heavy atom. The number of allylic oxidation sites excluding steroid dienone is 6. The molecule has 5 aromatic rings. The quantitative estimate of drug-likeness (QED) is 0.192. The molecule has 8 rings (SSSR count). The minimum Gasteiger partial charge on any atom is -0.361 e. The minimum atomic E-state index is -0.275. The highest BCUT2D eigenvalue weighted by molar-refractivity contribution is 6.26. The van der Waals surface area contributed by atoms with Crippen molar-refractivity contribution in [1.82, 2.24) is 4.98 Å². The van der Waals surface area contributed by atoms with Gasteiger partial charge in [0.2, 0.25) is 0 Å². The molecule has 0 fully saturated rings. The molecule has 2 N–H and O–H groups in total. The molecule has 4 nitrogen and oxygen atoms in total. The molecule has 0 aliphatic carbocycles. The van der Waals surface area contributed by atoms with Gasteiger partial charge in [0.15, 0.2) is 0 Å². The summed E-state index contributed by atoms with van der Waals surface area (Å²) in [4.78, 5) is 13.8. The number of nitrogens with one attached hydrogen (secondary N) is 2. The highest BCUT2D eigenvalue weighted by Crippen LogP contribution is 2.49. The monoisotopic (exact) mass is 626 g/mol. The molecule has 4 heteroatoms. The third kappa shape index (κ3) is 4.57. The lowest BCUT2D eigenvalue weighted by molar-refractivity contribution is 0.655. The number of hydrogen-bond donors (Lipinski definition) is 2. The fourth-order valence-electron chi connectivity index (χ4n) is 7.50. The molecule has 4 aromatic carbocycles. The van der Waals surface area contributed by atoms with Crippen molar-refractivity contribution in [2.45, 2.75) is 67.2 Å². The number of H-pyrrole nitrogens is 1. The molecule has 0 radical (unpaired) electrons. The number of fused-ring (bicyclic) bond motifs is 4. The fourth-order valence-corrected chi connectivity index (χ4v) is 7.50. The van der Waals surface area contributed by atoms with Crippen LogP contribution in [-0.4, -0.2) is 16.4 Å². The van der Waals surface area contributed by atoms with Crippen molar-refractivity contribution in [3.05, 3.63) is 141 Å². The summed E-state index contributed by atoms with van der Waals surface area (Å²) < 4.78 is 0. The van der Waals surface area contributed by atoms with Gasteiger partial charge in [-0.2, -0.15) is 0 Å². The molecule has 0 bridgehead atoms. The molecule has 0 saturated heterocycles. The summed E-state index contributed by atoms with van der Waals surface area (Å²) >= 11 is 0. The first-order valence-corrected chi connectivity index (χ1v) is 16.9. The summed E-state index contributed by atoms with van der Waals surface area (Å²) in [6, 6.07) is 20.4. The van der Waals surface area contributed by atoms with E-state index in [0.29, 0.717) is 0 Å². The predicted molar refractivity (Wildman–Crippen MR) is 206 cm³/mol. The second-order valence-electron chi connectivity index (χ2n) is 14.5. The van der Waals surface area contributed by atoms with Crippen LogP contribution < -0.4 is 5.32 Å². The van der Waals surface area contributed by atoms with Gasteiger partial charge < -0.3 is 10.3 Å². The summed E-state index contributed by atoms with van der Waals surface area (Å²) in [7, 11) is 0. The third-order valence-electron chi connectivity index (χ3n) is 11.2. The van der Waals surface area contributed by atoms with Gasteiger partial charge in [0.05, 0.1) is 22.8 Å². The lowest BCUT2D eigenvalue weighted by Crippen LogP contribution is -2.19. The van der Waals surface area contributed by atoms with Crippen molar-refractivity contribution in [3.63, 3.8) is 0 Å². The minimum absolute atomic E-state index is 0.275. The first-order chi connectivity index (χ1) is 22.9. The Morgan fingerprint density at radius 3 is 2.10 bits per heavy atom. The van der Waals surface area contributed by atoms with Crippen LogP contribution in [0.25, 0.3) is 38.4 Å². The summed E-state index contributed by atoms with van der Waals surface area (Å²) in [5, 5.41) is 11.3. The van der Waals surface area contributed by atoms with Crippen LogP contribution in [0.3, 0.4) is 0 Å². The van der Waals surface area contributed by atoms with Crippen LogP contribution in [0.1, 0.15) is 75.9 Å². The van der Waals surface area contributed by atoms with Gasteiger partial charge in [-0.05, 0) is 150 Å². The van der Waals surface area contributed by atoms with E-state index in [4.69, 9.17) is 9.98 Å². The van der Waals surface area contributed by atoms with Gasteiger partial charge >= 0.3 is 0 Å². The number of nitrogens with zero attached hydrogens (tertiary/aromatic N) is 2. The summed E-state index contributed by atoms with van der Waals surface area (Å²) in [6.45, 7) is 22.0. The molecule has 0 spiro atoms. The summed E-state index contributed by atoms with van der Waals surface area (Å²) in [6.07, 6.45) is 7.38. The number of dihydropyridines is 1. The molecule has 238 valence electrons. The van der Waals surface area contributed by atoms with Crippen LogP contribution in [0.2, 0.25) is 0 Å². The smallest absolute Gasteiger partial charge is 0.0768 e. The van der Waals surface area contributed by atoms with E-state index in [0.717, 1.165) is 57.5 Å². The van der Waals surface area contributed by atoms with E-state index >= 15 is 0 Å². The Labute approximate surface area is 283 Å². The average molecular weight is 627 g/mol. The van der Waals surface area contributed by atoms with Crippen LogP contribution >= 0.6 is 0 Å². The average Bonchev–Trinajstić information content (AvgIpc) is 3.60. The number of anilines is 1. The number of aliphatic imine (C=N–C) groups is 2. The van der Waals surface area contributed by atoms with Crippen molar-refractivity contribution >= 4 is 55.5 Å². The molecule has 0 unspecified atom stereocenters. The van der Waals surface area contributed by atoms with Crippen molar-refractivity contribution in [2.24, 2.45) is 9.98 Å². The Bertz CT molecular complexity index is 2480. The van der Waals surface area contributed by atoms with Gasteiger partial charge in [0.1, 0.15) is 0 Å². The second-order valence-corrected chi connectivity index (χ2v) is 14.5. The van der Waals surface area contributed by atoms with E-state index < -0.39 is 0 Å². The first kappa shape index (κ1) is 30.1. The molecule has 48 heavy (non-hydrogen) atoms. The van der Waals surface area contributed by atoms with E-state index in [1.807, 2.05) is 0 Å². The maximum absolute atomic E-state index is 5.24. The maximum Gasteiger partial charge on any atom is 0.0768 e. The number of aromatic nitrogens is 1.